The Morgan fingerprint density at radius 2 is 2.15 bits per heavy atom. The Morgan fingerprint density at radius 3 is 2.69 bits per heavy atom. The molecule has 1 aromatic rings. The van der Waals surface area contributed by atoms with Crippen molar-refractivity contribution in [3.8, 4) is 0 Å². The van der Waals surface area contributed by atoms with Gasteiger partial charge in [-0.05, 0) is 23.8 Å². The lowest BCUT2D eigenvalue weighted by atomic mass is 10.2. The summed E-state index contributed by atoms with van der Waals surface area (Å²) in [5.74, 6) is -0.124. The molecule has 0 heterocycles. The van der Waals surface area contributed by atoms with Crippen LogP contribution in [0.5, 0.6) is 0 Å². The van der Waals surface area contributed by atoms with Crippen LogP contribution in [0.25, 0.3) is 0 Å². The first-order valence-electron chi connectivity index (χ1n) is 3.42. The SMILES string of the molecule is O=Cc1cc(Cl)cc(CS(=O)[O-])c1. The van der Waals surface area contributed by atoms with E-state index in [9.17, 15) is 13.6 Å². The lowest BCUT2D eigenvalue weighted by Gasteiger charge is -2.05. The molecule has 13 heavy (non-hydrogen) atoms. The fourth-order valence-electron chi connectivity index (χ4n) is 0.963. The van der Waals surface area contributed by atoms with Gasteiger partial charge in [-0.15, -0.1) is 0 Å². The molecule has 1 aromatic carbocycles. The van der Waals surface area contributed by atoms with Crippen LogP contribution >= 0.6 is 11.6 Å². The van der Waals surface area contributed by atoms with Crippen LogP contribution in [0.15, 0.2) is 18.2 Å². The molecule has 0 saturated carbocycles. The van der Waals surface area contributed by atoms with E-state index in [1.54, 1.807) is 0 Å². The summed E-state index contributed by atoms with van der Waals surface area (Å²) in [4.78, 5) is 10.4. The molecule has 0 saturated heterocycles. The van der Waals surface area contributed by atoms with Crippen LogP contribution in [-0.2, 0) is 16.8 Å². The van der Waals surface area contributed by atoms with Crippen molar-refractivity contribution in [2.24, 2.45) is 0 Å². The minimum atomic E-state index is -2.16. The number of carbonyl (C=O) groups excluding carboxylic acids is 1. The van der Waals surface area contributed by atoms with E-state index in [2.05, 4.69) is 0 Å². The monoisotopic (exact) mass is 217 g/mol. The third-order valence-electron chi connectivity index (χ3n) is 1.40. The zero-order valence-electron chi connectivity index (χ0n) is 6.53. The fraction of sp³-hybridized carbons (Fsp3) is 0.125. The zero-order valence-corrected chi connectivity index (χ0v) is 8.10. The van der Waals surface area contributed by atoms with Gasteiger partial charge in [0, 0.05) is 16.3 Å². The third kappa shape index (κ3) is 3.26. The Kier molecular flexibility index (Phi) is 3.59. The zero-order chi connectivity index (χ0) is 9.84. The smallest absolute Gasteiger partial charge is 0.150 e. The summed E-state index contributed by atoms with van der Waals surface area (Å²) in [5.41, 5.74) is 0.899. The maximum Gasteiger partial charge on any atom is 0.150 e. The molecule has 0 amide bonds. The Labute approximate surface area is 83.0 Å². The first-order valence-corrected chi connectivity index (χ1v) is 5.04. The van der Waals surface area contributed by atoms with Gasteiger partial charge in [0.25, 0.3) is 0 Å². The fourth-order valence-corrected chi connectivity index (χ4v) is 1.67. The third-order valence-corrected chi connectivity index (χ3v) is 2.19. The molecule has 70 valence electrons. The van der Waals surface area contributed by atoms with Gasteiger partial charge in [0.1, 0.15) is 6.29 Å². The topological polar surface area (TPSA) is 57.2 Å². The average molecular weight is 218 g/mol. The minimum Gasteiger partial charge on any atom is -0.772 e. The Morgan fingerprint density at radius 1 is 1.46 bits per heavy atom. The quantitative estimate of drug-likeness (QED) is 0.570. The normalized spacial score (nSPS) is 12.5. The van der Waals surface area contributed by atoms with Gasteiger partial charge in [0.15, 0.2) is 0 Å². The highest BCUT2D eigenvalue weighted by Gasteiger charge is 1.98. The van der Waals surface area contributed by atoms with Gasteiger partial charge >= 0.3 is 0 Å². The molecule has 0 N–H and O–H groups in total. The highest BCUT2D eigenvalue weighted by atomic mass is 35.5. The van der Waals surface area contributed by atoms with Gasteiger partial charge < -0.3 is 4.55 Å². The molecule has 5 heteroatoms. The molecule has 0 radical (unpaired) electrons. The maximum atomic E-state index is 10.4. The van der Waals surface area contributed by atoms with Crippen LogP contribution in [-0.4, -0.2) is 15.0 Å². The molecule has 0 aliphatic heterocycles. The Bertz CT molecular complexity index is 351. The van der Waals surface area contributed by atoms with E-state index in [4.69, 9.17) is 11.6 Å². The van der Waals surface area contributed by atoms with Crippen molar-refractivity contribution in [2.45, 2.75) is 5.75 Å². The first-order chi connectivity index (χ1) is 6.11. The molecule has 3 nitrogen and oxygen atoms in total. The Hall–Kier alpha value is -0.710. The molecule has 0 fully saturated rings. The predicted molar refractivity (Wildman–Crippen MR) is 49.5 cm³/mol. The number of benzene rings is 1. The maximum absolute atomic E-state index is 10.4. The molecule has 1 unspecified atom stereocenters. The molecular formula is C8H6ClO3S-. The van der Waals surface area contributed by atoms with Crippen LogP contribution in [0.4, 0.5) is 0 Å². The van der Waals surface area contributed by atoms with E-state index < -0.39 is 11.1 Å². The number of halogens is 1. The minimum absolute atomic E-state index is 0.124. The standard InChI is InChI=1S/C8H7ClO3S/c9-8-2-6(4-10)1-7(3-8)5-13(11)12/h1-4H,5H2,(H,11,12)/p-1. The highest BCUT2D eigenvalue weighted by molar-refractivity contribution is 7.78. The van der Waals surface area contributed by atoms with E-state index in [0.717, 1.165) is 0 Å². The molecule has 0 aliphatic carbocycles. The molecule has 0 spiro atoms. The predicted octanol–water partition coefficient (Wildman–Crippen LogP) is 1.53. The highest BCUT2D eigenvalue weighted by Crippen LogP contribution is 2.15. The van der Waals surface area contributed by atoms with Crippen molar-refractivity contribution in [3.05, 3.63) is 34.3 Å². The van der Waals surface area contributed by atoms with Crippen LogP contribution in [0, 0.1) is 0 Å². The van der Waals surface area contributed by atoms with Crippen molar-refractivity contribution in [3.63, 3.8) is 0 Å². The Balaban J connectivity index is 3.01. The van der Waals surface area contributed by atoms with E-state index in [1.807, 2.05) is 0 Å². The van der Waals surface area contributed by atoms with E-state index >= 15 is 0 Å². The van der Waals surface area contributed by atoms with Gasteiger partial charge in [-0.2, -0.15) is 0 Å². The van der Waals surface area contributed by atoms with E-state index in [0.29, 0.717) is 22.4 Å². The average Bonchev–Trinajstić information content (AvgIpc) is 2.01. The number of aldehydes is 1. The summed E-state index contributed by atoms with van der Waals surface area (Å²) in [6, 6.07) is 4.49. The molecule has 0 bridgehead atoms. The van der Waals surface area contributed by atoms with Gasteiger partial charge in [0.2, 0.25) is 0 Å². The van der Waals surface area contributed by atoms with Crippen molar-refractivity contribution >= 4 is 29.0 Å². The van der Waals surface area contributed by atoms with Crippen LogP contribution < -0.4 is 0 Å². The second-order valence-corrected chi connectivity index (χ2v) is 3.79. The van der Waals surface area contributed by atoms with Crippen molar-refractivity contribution < 1.29 is 13.6 Å². The van der Waals surface area contributed by atoms with Crippen molar-refractivity contribution in [1.82, 2.24) is 0 Å². The van der Waals surface area contributed by atoms with Crippen molar-refractivity contribution in [2.75, 3.05) is 0 Å². The number of carbonyl (C=O) groups is 1. The summed E-state index contributed by atoms with van der Waals surface area (Å²) in [7, 11) is 0. The summed E-state index contributed by atoms with van der Waals surface area (Å²) in [6.45, 7) is 0. The molecule has 0 aromatic heterocycles. The lowest BCUT2D eigenvalue weighted by Crippen LogP contribution is -1.94. The number of rotatable bonds is 3. The summed E-state index contributed by atoms with van der Waals surface area (Å²) < 4.78 is 20.7. The van der Waals surface area contributed by atoms with Crippen molar-refractivity contribution in [1.29, 1.82) is 0 Å². The lowest BCUT2D eigenvalue weighted by molar-refractivity contribution is 0.112. The van der Waals surface area contributed by atoms with Gasteiger partial charge in [-0.3, -0.25) is 9.00 Å². The molecule has 1 rings (SSSR count). The number of hydrogen-bond acceptors (Lipinski definition) is 3. The molecule has 0 aliphatic rings. The number of hydrogen-bond donors (Lipinski definition) is 0. The summed E-state index contributed by atoms with van der Waals surface area (Å²) in [6.07, 6.45) is 0.628. The van der Waals surface area contributed by atoms with Crippen LogP contribution in [0.1, 0.15) is 15.9 Å². The summed E-state index contributed by atoms with van der Waals surface area (Å²) >= 11 is 3.49. The molecular weight excluding hydrogens is 212 g/mol. The van der Waals surface area contributed by atoms with E-state index in [1.165, 1.54) is 18.2 Å². The second-order valence-electron chi connectivity index (χ2n) is 2.46. The largest absolute Gasteiger partial charge is 0.772 e. The first kappa shape index (κ1) is 10.4. The summed E-state index contributed by atoms with van der Waals surface area (Å²) in [5, 5.41) is 0.366. The van der Waals surface area contributed by atoms with Crippen LogP contribution in [0.2, 0.25) is 5.02 Å². The second kappa shape index (κ2) is 4.50. The molecule has 1 atom stereocenters. The van der Waals surface area contributed by atoms with Gasteiger partial charge in [-0.1, -0.05) is 22.7 Å². The van der Waals surface area contributed by atoms with Gasteiger partial charge in [-0.25, -0.2) is 0 Å². The van der Waals surface area contributed by atoms with Gasteiger partial charge in [0.05, 0.1) is 0 Å². The van der Waals surface area contributed by atoms with Crippen LogP contribution in [0.3, 0.4) is 0 Å². The van der Waals surface area contributed by atoms with E-state index in [-0.39, 0.29) is 5.75 Å².